The van der Waals surface area contributed by atoms with Gasteiger partial charge >= 0.3 is 0 Å². The minimum atomic E-state index is 0.304. The van der Waals surface area contributed by atoms with Crippen molar-refractivity contribution in [1.82, 2.24) is 10.3 Å². The summed E-state index contributed by atoms with van der Waals surface area (Å²) in [7, 11) is 0. The van der Waals surface area contributed by atoms with Crippen LogP contribution in [0.2, 0.25) is 0 Å². The maximum absolute atomic E-state index is 12.3. The molecule has 0 aromatic carbocycles. The first-order valence-electron chi connectivity index (χ1n) is 6.52. The number of hydrogen-bond acceptors (Lipinski definition) is 3. The molecule has 1 spiro atoms. The van der Waals surface area contributed by atoms with E-state index in [1.807, 2.05) is 6.07 Å². The highest BCUT2D eigenvalue weighted by atomic mass is 79.9. The smallest absolute Gasteiger partial charge is 0.140 e. The average Bonchev–Trinajstić information content (AvgIpc) is 3.04. The van der Waals surface area contributed by atoms with Crippen LogP contribution in [0.25, 0.3) is 0 Å². The summed E-state index contributed by atoms with van der Waals surface area (Å²) < 4.78 is 0.945. The number of halogens is 1. The molecule has 1 aromatic heterocycles. The fourth-order valence-electron chi connectivity index (χ4n) is 3.16. The van der Waals surface area contributed by atoms with E-state index < -0.39 is 0 Å². The Morgan fingerprint density at radius 2 is 2.22 bits per heavy atom. The summed E-state index contributed by atoms with van der Waals surface area (Å²) >= 11 is 3.39. The van der Waals surface area contributed by atoms with Gasteiger partial charge in [-0.3, -0.25) is 9.78 Å². The van der Waals surface area contributed by atoms with Crippen LogP contribution in [0.5, 0.6) is 0 Å². The van der Waals surface area contributed by atoms with Crippen molar-refractivity contribution in [2.45, 2.75) is 25.7 Å². The van der Waals surface area contributed by atoms with E-state index in [2.05, 4.69) is 26.2 Å². The van der Waals surface area contributed by atoms with Gasteiger partial charge in [-0.05, 0) is 65.3 Å². The Morgan fingerprint density at radius 3 is 2.94 bits per heavy atom. The zero-order valence-electron chi connectivity index (χ0n) is 10.3. The van der Waals surface area contributed by atoms with Gasteiger partial charge in [0.15, 0.2) is 0 Å². The quantitative estimate of drug-likeness (QED) is 0.932. The summed E-state index contributed by atoms with van der Waals surface area (Å²) in [5.41, 5.74) is 1.37. The molecule has 0 amide bonds. The summed E-state index contributed by atoms with van der Waals surface area (Å²) in [5, 5.41) is 3.37. The molecule has 96 valence electrons. The van der Waals surface area contributed by atoms with Gasteiger partial charge < -0.3 is 5.32 Å². The SMILES string of the molecule is O=C(Cc1cncc(Br)c1)C1CC12CCNCC2. The van der Waals surface area contributed by atoms with Crippen LogP contribution in [0.15, 0.2) is 22.9 Å². The molecular weight excluding hydrogens is 292 g/mol. The minimum Gasteiger partial charge on any atom is -0.317 e. The molecule has 0 bridgehead atoms. The van der Waals surface area contributed by atoms with Gasteiger partial charge in [0.1, 0.15) is 5.78 Å². The van der Waals surface area contributed by atoms with E-state index in [9.17, 15) is 4.79 Å². The van der Waals surface area contributed by atoms with Crippen LogP contribution < -0.4 is 5.32 Å². The molecule has 1 N–H and O–H groups in total. The number of piperidine rings is 1. The molecule has 1 saturated heterocycles. The Morgan fingerprint density at radius 1 is 1.44 bits per heavy atom. The number of aromatic nitrogens is 1. The van der Waals surface area contributed by atoms with Gasteiger partial charge in [-0.15, -0.1) is 0 Å². The van der Waals surface area contributed by atoms with Gasteiger partial charge in [-0.25, -0.2) is 0 Å². The van der Waals surface area contributed by atoms with Crippen molar-refractivity contribution in [3.63, 3.8) is 0 Å². The van der Waals surface area contributed by atoms with E-state index in [0.29, 0.717) is 23.5 Å². The molecule has 1 aliphatic heterocycles. The number of Topliss-reactive ketones (excluding diaryl/α,β-unsaturated/α-hetero) is 1. The van der Waals surface area contributed by atoms with E-state index in [1.54, 1.807) is 12.4 Å². The standard InChI is InChI=1S/C14H17BrN2O/c15-11-5-10(8-17-9-11)6-13(18)12-7-14(12)1-3-16-4-2-14/h5,8-9,12,16H,1-4,6-7H2. The van der Waals surface area contributed by atoms with Crippen LogP contribution in [0.1, 0.15) is 24.8 Å². The highest BCUT2D eigenvalue weighted by Crippen LogP contribution is 2.59. The largest absolute Gasteiger partial charge is 0.317 e. The van der Waals surface area contributed by atoms with Crippen LogP contribution in [0, 0.1) is 11.3 Å². The average molecular weight is 309 g/mol. The van der Waals surface area contributed by atoms with Crippen molar-refractivity contribution < 1.29 is 4.79 Å². The zero-order chi connectivity index (χ0) is 12.6. The third kappa shape index (κ3) is 2.36. The minimum absolute atomic E-state index is 0.304. The molecule has 3 nitrogen and oxygen atoms in total. The van der Waals surface area contributed by atoms with Gasteiger partial charge in [0, 0.05) is 29.2 Å². The number of rotatable bonds is 3. The van der Waals surface area contributed by atoms with Crippen molar-refractivity contribution in [3.8, 4) is 0 Å². The monoisotopic (exact) mass is 308 g/mol. The molecule has 1 atom stereocenters. The lowest BCUT2D eigenvalue weighted by Gasteiger charge is -2.23. The summed E-state index contributed by atoms with van der Waals surface area (Å²) in [5.74, 6) is 0.704. The summed E-state index contributed by atoms with van der Waals surface area (Å²) in [6.07, 6.45) is 7.51. The third-order valence-corrected chi connectivity index (χ3v) is 4.75. The van der Waals surface area contributed by atoms with E-state index >= 15 is 0 Å². The van der Waals surface area contributed by atoms with Gasteiger partial charge in [0.25, 0.3) is 0 Å². The van der Waals surface area contributed by atoms with Gasteiger partial charge in [-0.1, -0.05) is 0 Å². The van der Waals surface area contributed by atoms with Crippen LogP contribution in [0.4, 0.5) is 0 Å². The van der Waals surface area contributed by atoms with Gasteiger partial charge in [0.2, 0.25) is 0 Å². The lowest BCUT2D eigenvalue weighted by molar-refractivity contribution is -0.120. The number of carbonyl (C=O) groups excluding carboxylic acids is 1. The molecule has 1 aliphatic carbocycles. The summed E-state index contributed by atoms with van der Waals surface area (Å²) in [4.78, 5) is 16.4. The number of nitrogens with zero attached hydrogens (tertiary/aromatic N) is 1. The maximum Gasteiger partial charge on any atom is 0.140 e. The molecule has 1 unspecified atom stereocenters. The third-order valence-electron chi connectivity index (χ3n) is 4.32. The Kier molecular flexibility index (Phi) is 3.24. The van der Waals surface area contributed by atoms with Crippen molar-refractivity contribution in [3.05, 3.63) is 28.5 Å². The Balaban J connectivity index is 1.63. The lowest BCUT2D eigenvalue weighted by Crippen LogP contribution is -2.30. The predicted molar refractivity (Wildman–Crippen MR) is 73.3 cm³/mol. The molecule has 2 heterocycles. The normalized spacial score (nSPS) is 25.1. The Hall–Kier alpha value is -0.740. The highest BCUT2D eigenvalue weighted by Gasteiger charge is 2.56. The fraction of sp³-hybridized carbons (Fsp3) is 0.571. The van der Waals surface area contributed by atoms with Gasteiger partial charge in [-0.2, -0.15) is 0 Å². The molecule has 1 aromatic rings. The second-order valence-electron chi connectivity index (χ2n) is 5.52. The molecular formula is C14H17BrN2O. The Bertz CT molecular complexity index is 469. The first kappa shape index (κ1) is 12.3. The van der Waals surface area contributed by atoms with Crippen molar-refractivity contribution in [2.24, 2.45) is 11.3 Å². The van der Waals surface area contributed by atoms with Gasteiger partial charge in [0.05, 0.1) is 0 Å². The molecule has 2 fully saturated rings. The topological polar surface area (TPSA) is 42.0 Å². The first-order chi connectivity index (χ1) is 8.70. The second-order valence-corrected chi connectivity index (χ2v) is 6.44. The molecule has 3 rings (SSSR count). The maximum atomic E-state index is 12.3. The molecule has 1 saturated carbocycles. The molecule has 4 heteroatoms. The number of nitrogens with one attached hydrogen (secondary N) is 1. The van der Waals surface area contributed by atoms with E-state index in [-0.39, 0.29) is 0 Å². The van der Waals surface area contributed by atoms with Crippen molar-refractivity contribution in [1.29, 1.82) is 0 Å². The number of hydrogen-bond donors (Lipinski definition) is 1. The number of pyridine rings is 1. The molecule has 18 heavy (non-hydrogen) atoms. The predicted octanol–water partition coefficient (Wildman–Crippen LogP) is 2.35. The van der Waals surface area contributed by atoms with Crippen LogP contribution in [-0.2, 0) is 11.2 Å². The van der Waals surface area contributed by atoms with E-state index in [0.717, 1.165) is 29.5 Å². The number of carbonyl (C=O) groups is 1. The summed E-state index contributed by atoms with van der Waals surface area (Å²) in [6.45, 7) is 2.14. The molecule has 0 radical (unpaired) electrons. The van der Waals surface area contributed by atoms with Crippen LogP contribution >= 0.6 is 15.9 Å². The fourth-order valence-corrected chi connectivity index (χ4v) is 3.57. The van der Waals surface area contributed by atoms with Crippen LogP contribution in [0.3, 0.4) is 0 Å². The van der Waals surface area contributed by atoms with E-state index in [1.165, 1.54) is 12.8 Å². The van der Waals surface area contributed by atoms with E-state index in [4.69, 9.17) is 0 Å². The van der Waals surface area contributed by atoms with Crippen molar-refractivity contribution in [2.75, 3.05) is 13.1 Å². The second kappa shape index (κ2) is 4.74. The zero-order valence-corrected chi connectivity index (χ0v) is 11.9. The van der Waals surface area contributed by atoms with Crippen molar-refractivity contribution >= 4 is 21.7 Å². The number of ketones is 1. The Labute approximate surface area is 116 Å². The molecule has 2 aliphatic rings. The van der Waals surface area contributed by atoms with Crippen LogP contribution in [-0.4, -0.2) is 23.9 Å². The first-order valence-corrected chi connectivity index (χ1v) is 7.32. The summed E-state index contributed by atoms with van der Waals surface area (Å²) in [6, 6.07) is 1.99. The highest BCUT2D eigenvalue weighted by molar-refractivity contribution is 9.10. The lowest BCUT2D eigenvalue weighted by atomic mass is 9.90.